The number of hydrogen-bond donors (Lipinski definition) is 2. The molecular weight excluding hydrogens is 400 g/mol. The molecule has 0 amide bonds. The third-order valence-electron chi connectivity index (χ3n) is 6.66. The Morgan fingerprint density at radius 2 is 1.72 bits per heavy atom. The van der Waals surface area contributed by atoms with Crippen molar-refractivity contribution in [1.82, 2.24) is 10.2 Å². The van der Waals surface area contributed by atoms with Crippen molar-refractivity contribution in [3.63, 3.8) is 0 Å². The lowest BCUT2D eigenvalue weighted by molar-refractivity contribution is 0.379. The van der Waals surface area contributed by atoms with E-state index in [0.717, 1.165) is 28.1 Å². The van der Waals surface area contributed by atoms with E-state index in [1.54, 1.807) is 7.11 Å². The number of fused-ring (bicyclic) bond motifs is 1. The summed E-state index contributed by atoms with van der Waals surface area (Å²) in [4.78, 5) is 0. The molecule has 3 N–H and O–H groups in total. The van der Waals surface area contributed by atoms with E-state index < -0.39 is 0 Å². The molecule has 1 fully saturated rings. The highest BCUT2D eigenvalue weighted by molar-refractivity contribution is 5.71. The molecule has 1 atom stereocenters. The molecule has 1 saturated carbocycles. The number of hydrogen-bond acceptors (Lipinski definition) is 5. The Hall–Kier alpha value is -3.72. The lowest BCUT2D eigenvalue weighted by Crippen LogP contribution is -2.21. The summed E-state index contributed by atoms with van der Waals surface area (Å²) in [5.41, 5.74) is 11.5. The third-order valence-corrected chi connectivity index (χ3v) is 6.66. The number of nitriles is 1. The van der Waals surface area contributed by atoms with Gasteiger partial charge in [0.25, 0.3) is 0 Å². The lowest BCUT2D eigenvalue weighted by atomic mass is 9.82. The Bertz CT molecular complexity index is 1180. The SMILES string of the molecule is COc1ccc(C2C(C#N)=C(N)Oc3n[nH]c(-c4ccc(C5CCCCC5)cc4)c32)cc1. The molecule has 0 saturated heterocycles. The fourth-order valence-corrected chi connectivity index (χ4v) is 4.95. The van der Waals surface area contributed by atoms with E-state index in [0.29, 0.717) is 17.4 Å². The molecule has 0 bridgehead atoms. The summed E-state index contributed by atoms with van der Waals surface area (Å²) in [5.74, 6) is 1.53. The third kappa shape index (κ3) is 3.50. The Labute approximate surface area is 187 Å². The number of nitrogens with one attached hydrogen (secondary N) is 1. The van der Waals surface area contributed by atoms with Crippen LogP contribution in [0.5, 0.6) is 11.6 Å². The van der Waals surface area contributed by atoms with Gasteiger partial charge >= 0.3 is 0 Å². The molecule has 2 aliphatic rings. The maximum Gasteiger partial charge on any atom is 0.244 e. The molecule has 0 spiro atoms. The molecule has 3 aromatic rings. The van der Waals surface area contributed by atoms with E-state index in [2.05, 4.69) is 40.5 Å². The van der Waals surface area contributed by atoms with Crippen LogP contribution in [-0.2, 0) is 0 Å². The fraction of sp³-hybridized carbons (Fsp3) is 0.308. The first-order valence-electron chi connectivity index (χ1n) is 11.1. The van der Waals surface area contributed by atoms with Gasteiger partial charge in [-0.1, -0.05) is 55.7 Å². The Kier molecular flexibility index (Phi) is 5.32. The maximum atomic E-state index is 9.88. The van der Waals surface area contributed by atoms with Crippen LogP contribution in [0.2, 0.25) is 0 Å². The van der Waals surface area contributed by atoms with Crippen LogP contribution in [0.3, 0.4) is 0 Å². The second kappa shape index (κ2) is 8.43. The molecule has 162 valence electrons. The second-order valence-electron chi connectivity index (χ2n) is 8.47. The summed E-state index contributed by atoms with van der Waals surface area (Å²) in [7, 11) is 1.63. The van der Waals surface area contributed by atoms with E-state index in [-0.39, 0.29) is 11.8 Å². The summed E-state index contributed by atoms with van der Waals surface area (Å²) < 4.78 is 11.0. The van der Waals surface area contributed by atoms with Crippen molar-refractivity contribution >= 4 is 0 Å². The van der Waals surface area contributed by atoms with Crippen molar-refractivity contribution in [3.8, 4) is 29.0 Å². The number of methoxy groups -OCH3 is 1. The number of nitrogens with two attached hydrogens (primary N) is 1. The predicted octanol–water partition coefficient (Wildman–Crippen LogP) is 5.35. The lowest BCUT2D eigenvalue weighted by Gasteiger charge is -2.24. The van der Waals surface area contributed by atoms with Crippen LogP contribution in [0.15, 0.2) is 60.0 Å². The molecule has 32 heavy (non-hydrogen) atoms. The summed E-state index contributed by atoms with van der Waals surface area (Å²) in [6.45, 7) is 0. The Balaban J connectivity index is 1.56. The molecule has 6 heteroatoms. The highest BCUT2D eigenvalue weighted by atomic mass is 16.5. The molecule has 1 aliphatic carbocycles. The van der Waals surface area contributed by atoms with E-state index in [9.17, 15) is 5.26 Å². The second-order valence-corrected chi connectivity index (χ2v) is 8.47. The van der Waals surface area contributed by atoms with E-state index in [1.165, 1.54) is 37.7 Å². The van der Waals surface area contributed by atoms with Gasteiger partial charge in [0.1, 0.15) is 17.4 Å². The summed E-state index contributed by atoms with van der Waals surface area (Å²) >= 11 is 0. The first-order chi connectivity index (χ1) is 15.7. The molecule has 6 nitrogen and oxygen atoms in total. The quantitative estimate of drug-likeness (QED) is 0.586. The first kappa shape index (κ1) is 20.2. The molecule has 2 aromatic carbocycles. The molecule has 1 unspecified atom stereocenters. The monoisotopic (exact) mass is 426 g/mol. The zero-order valence-corrected chi connectivity index (χ0v) is 18.1. The van der Waals surface area contributed by atoms with Gasteiger partial charge in [0.15, 0.2) is 0 Å². The van der Waals surface area contributed by atoms with Crippen molar-refractivity contribution in [2.45, 2.75) is 43.9 Å². The van der Waals surface area contributed by atoms with Crippen LogP contribution in [0, 0.1) is 11.3 Å². The number of nitrogens with zero attached hydrogens (tertiary/aromatic N) is 2. The highest BCUT2D eigenvalue weighted by Crippen LogP contribution is 2.46. The van der Waals surface area contributed by atoms with Gasteiger partial charge < -0.3 is 15.2 Å². The van der Waals surface area contributed by atoms with Gasteiger partial charge in [0.2, 0.25) is 11.8 Å². The number of ether oxygens (including phenoxy) is 2. The molecule has 0 radical (unpaired) electrons. The maximum absolute atomic E-state index is 9.88. The topological polar surface area (TPSA) is 96.9 Å². The molecule has 1 aromatic heterocycles. The summed E-state index contributed by atoms with van der Waals surface area (Å²) in [6, 6.07) is 18.6. The van der Waals surface area contributed by atoms with Gasteiger partial charge in [-0.3, -0.25) is 5.10 Å². The van der Waals surface area contributed by atoms with Gasteiger partial charge in [0.05, 0.1) is 24.3 Å². The Morgan fingerprint density at radius 3 is 2.38 bits per heavy atom. The van der Waals surface area contributed by atoms with Crippen LogP contribution in [0.1, 0.15) is 60.6 Å². The zero-order valence-electron chi connectivity index (χ0n) is 18.1. The fourth-order valence-electron chi connectivity index (χ4n) is 4.95. The molecule has 1 aliphatic heterocycles. The van der Waals surface area contributed by atoms with Crippen molar-refractivity contribution in [1.29, 1.82) is 5.26 Å². The van der Waals surface area contributed by atoms with Crippen molar-refractivity contribution in [2.24, 2.45) is 5.73 Å². The number of allylic oxidation sites excluding steroid dienone is 1. The van der Waals surface area contributed by atoms with E-state index >= 15 is 0 Å². The minimum atomic E-state index is -0.374. The number of aromatic nitrogens is 2. The molecule has 2 heterocycles. The minimum absolute atomic E-state index is 0.0894. The summed E-state index contributed by atoms with van der Waals surface area (Å²) in [5, 5.41) is 17.4. The van der Waals surface area contributed by atoms with Gasteiger partial charge in [-0.25, -0.2) is 0 Å². The minimum Gasteiger partial charge on any atom is -0.497 e. The van der Waals surface area contributed by atoms with Crippen LogP contribution in [-0.4, -0.2) is 17.3 Å². The number of aromatic amines is 1. The first-order valence-corrected chi connectivity index (χ1v) is 11.1. The Morgan fingerprint density at radius 1 is 1.03 bits per heavy atom. The van der Waals surface area contributed by atoms with Gasteiger partial charge in [-0.15, -0.1) is 5.10 Å². The summed E-state index contributed by atoms with van der Waals surface area (Å²) in [6.07, 6.45) is 6.50. The predicted molar refractivity (Wildman–Crippen MR) is 122 cm³/mol. The molecular formula is C26H26N4O2. The average Bonchev–Trinajstić information content (AvgIpc) is 3.27. The number of rotatable bonds is 4. The number of benzene rings is 2. The van der Waals surface area contributed by atoms with Crippen LogP contribution in [0.25, 0.3) is 11.3 Å². The highest BCUT2D eigenvalue weighted by Gasteiger charge is 2.35. The van der Waals surface area contributed by atoms with Gasteiger partial charge in [0, 0.05) is 5.56 Å². The largest absolute Gasteiger partial charge is 0.497 e. The normalized spacial score (nSPS) is 18.6. The zero-order chi connectivity index (χ0) is 22.1. The average molecular weight is 427 g/mol. The number of H-pyrrole nitrogens is 1. The van der Waals surface area contributed by atoms with Crippen molar-refractivity contribution in [2.75, 3.05) is 7.11 Å². The van der Waals surface area contributed by atoms with Crippen molar-refractivity contribution < 1.29 is 9.47 Å². The van der Waals surface area contributed by atoms with Crippen LogP contribution >= 0.6 is 0 Å². The van der Waals surface area contributed by atoms with Crippen LogP contribution < -0.4 is 15.2 Å². The smallest absolute Gasteiger partial charge is 0.244 e. The van der Waals surface area contributed by atoms with Crippen LogP contribution in [0.4, 0.5) is 0 Å². The van der Waals surface area contributed by atoms with Gasteiger partial charge in [-0.2, -0.15) is 5.26 Å². The van der Waals surface area contributed by atoms with E-state index in [1.807, 2.05) is 24.3 Å². The van der Waals surface area contributed by atoms with Gasteiger partial charge in [-0.05, 0) is 42.0 Å². The standard InChI is InChI=1S/C26H26N4O2/c1-31-20-13-11-18(12-14-20)22-21(15-27)25(28)32-26-23(22)24(29-30-26)19-9-7-17(8-10-19)16-5-3-2-4-6-16/h7-14,16,22H,2-6,28H2,1H3,(H,29,30). The van der Waals surface area contributed by atoms with E-state index in [4.69, 9.17) is 15.2 Å². The molecule has 5 rings (SSSR count). The van der Waals surface area contributed by atoms with Crippen molar-refractivity contribution in [3.05, 3.63) is 76.7 Å².